The number of amides is 1. The van der Waals surface area contributed by atoms with E-state index < -0.39 is 5.91 Å². The van der Waals surface area contributed by atoms with Crippen LogP contribution in [0, 0.1) is 19.7 Å². The van der Waals surface area contributed by atoms with Crippen LogP contribution < -0.4 is 10.1 Å². The molecule has 0 radical (unpaired) electrons. The van der Waals surface area contributed by atoms with Crippen molar-refractivity contribution in [2.45, 2.75) is 27.1 Å². The number of rotatable bonds is 7. The molecule has 33 heavy (non-hydrogen) atoms. The van der Waals surface area contributed by atoms with Crippen molar-refractivity contribution in [1.29, 1.82) is 0 Å². The maximum absolute atomic E-state index is 13.4. The number of aromatic nitrogens is 4. The van der Waals surface area contributed by atoms with E-state index >= 15 is 0 Å². The zero-order valence-electron chi connectivity index (χ0n) is 17.8. The molecule has 4 rings (SSSR count). The van der Waals surface area contributed by atoms with Crippen LogP contribution in [0.1, 0.15) is 27.2 Å². The van der Waals surface area contributed by atoms with Gasteiger partial charge in [0, 0.05) is 17.4 Å². The molecule has 1 N–H and O–H groups in total. The lowest BCUT2D eigenvalue weighted by Gasteiger charge is -2.10. The number of benzene rings is 2. The molecule has 2 heterocycles. The van der Waals surface area contributed by atoms with Gasteiger partial charge >= 0.3 is 0 Å². The highest BCUT2D eigenvalue weighted by molar-refractivity contribution is 6.33. The molecule has 1 amide bonds. The molecular formula is C23H20Cl2FN5O2. The molecule has 2 aromatic carbocycles. The zero-order valence-corrected chi connectivity index (χ0v) is 19.4. The summed E-state index contributed by atoms with van der Waals surface area (Å²) in [6.07, 6.45) is 3.19. The molecule has 0 aliphatic rings. The number of ether oxygens (including phenoxy) is 1. The predicted octanol–water partition coefficient (Wildman–Crippen LogP) is 5.48. The Morgan fingerprint density at radius 1 is 1.09 bits per heavy atom. The van der Waals surface area contributed by atoms with Crippen LogP contribution >= 0.6 is 23.2 Å². The van der Waals surface area contributed by atoms with Gasteiger partial charge in [-0.2, -0.15) is 10.2 Å². The number of anilines is 1. The first-order valence-electron chi connectivity index (χ1n) is 10.0. The SMILES string of the molecule is Cc1cc(OCn2ccc(C(=O)Nc3nn(Cc4cccc(F)c4)cc3Cl)n2)cc(C)c1Cl. The van der Waals surface area contributed by atoms with Gasteiger partial charge in [0.05, 0.1) is 6.54 Å². The first-order chi connectivity index (χ1) is 15.8. The quantitative estimate of drug-likeness (QED) is 0.374. The van der Waals surface area contributed by atoms with E-state index in [1.165, 1.54) is 21.5 Å². The average molecular weight is 488 g/mol. The minimum absolute atomic E-state index is 0.122. The van der Waals surface area contributed by atoms with Crippen molar-refractivity contribution in [3.05, 3.63) is 93.1 Å². The van der Waals surface area contributed by atoms with Crippen LogP contribution in [-0.4, -0.2) is 25.5 Å². The maximum Gasteiger partial charge on any atom is 0.277 e. The van der Waals surface area contributed by atoms with Crippen LogP contribution in [0.2, 0.25) is 10.0 Å². The van der Waals surface area contributed by atoms with Crippen LogP contribution in [0.25, 0.3) is 0 Å². The molecule has 170 valence electrons. The van der Waals surface area contributed by atoms with Crippen molar-refractivity contribution in [2.75, 3.05) is 5.32 Å². The van der Waals surface area contributed by atoms with Gasteiger partial charge in [-0.3, -0.25) is 9.48 Å². The molecule has 0 fully saturated rings. The Labute approximate surface area is 199 Å². The number of hydrogen-bond acceptors (Lipinski definition) is 4. The predicted molar refractivity (Wildman–Crippen MR) is 124 cm³/mol. The van der Waals surface area contributed by atoms with E-state index in [4.69, 9.17) is 27.9 Å². The number of halogens is 3. The lowest BCUT2D eigenvalue weighted by atomic mass is 10.1. The number of nitrogens with one attached hydrogen (secondary N) is 1. The molecule has 10 heteroatoms. The Bertz CT molecular complexity index is 1290. The summed E-state index contributed by atoms with van der Waals surface area (Å²) in [5.41, 5.74) is 2.73. The number of nitrogens with zero attached hydrogens (tertiary/aromatic N) is 4. The summed E-state index contributed by atoms with van der Waals surface area (Å²) in [7, 11) is 0. The summed E-state index contributed by atoms with van der Waals surface area (Å²) in [6, 6.07) is 11.4. The highest BCUT2D eigenvalue weighted by Gasteiger charge is 2.15. The molecule has 0 spiro atoms. The zero-order chi connectivity index (χ0) is 23.5. The lowest BCUT2D eigenvalue weighted by molar-refractivity contribution is 0.101. The Morgan fingerprint density at radius 2 is 1.85 bits per heavy atom. The minimum Gasteiger partial charge on any atom is -0.471 e. The Hall–Kier alpha value is -3.36. The summed E-state index contributed by atoms with van der Waals surface area (Å²) < 4.78 is 22.2. The number of carbonyl (C=O) groups is 1. The first-order valence-corrected chi connectivity index (χ1v) is 10.8. The van der Waals surface area contributed by atoms with Crippen molar-refractivity contribution < 1.29 is 13.9 Å². The number of hydrogen-bond donors (Lipinski definition) is 1. The molecule has 0 atom stereocenters. The fourth-order valence-electron chi connectivity index (χ4n) is 3.24. The second kappa shape index (κ2) is 9.64. The van der Waals surface area contributed by atoms with Crippen molar-refractivity contribution in [3.63, 3.8) is 0 Å². The third-order valence-electron chi connectivity index (χ3n) is 4.83. The molecule has 0 unspecified atom stereocenters. The first kappa shape index (κ1) is 22.8. The topological polar surface area (TPSA) is 74.0 Å². The van der Waals surface area contributed by atoms with Crippen molar-refractivity contribution in [1.82, 2.24) is 19.6 Å². The van der Waals surface area contributed by atoms with Gasteiger partial charge in [0.2, 0.25) is 0 Å². The maximum atomic E-state index is 13.4. The van der Waals surface area contributed by atoms with Gasteiger partial charge in [-0.25, -0.2) is 9.07 Å². The molecule has 0 aliphatic carbocycles. The van der Waals surface area contributed by atoms with Crippen LogP contribution in [0.3, 0.4) is 0 Å². The van der Waals surface area contributed by atoms with Gasteiger partial charge in [-0.1, -0.05) is 35.3 Å². The molecule has 0 saturated heterocycles. The van der Waals surface area contributed by atoms with Crippen LogP contribution in [-0.2, 0) is 13.3 Å². The van der Waals surface area contributed by atoms with E-state index in [0.29, 0.717) is 17.3 Å². The number of aryl methyl sites for hydroxylation is 2. The average Bonchev–Trinajstić information content (AvgIpc) is 3.37. The van der Waals surface area contributed by atoms with Crippen molar-refractivity contribution in [2.24, 2.45) is 0 Å². The lowest BCUT2D eigenvalue weighted by Crippen LogP contribution is -2.15. The molecule has 7 nitrogen and oxygen atoms in total. The summed E-state index contributed by atoms with van der Waals surface area (Å²) in [6.45, 7) is 4.24. The molecule has 2 aromatic heterocycles. The van der Waals surface area contributed by atoms with E-state index in [9.17, 15) is 9.18 Å². The smallest absolute Gasteiger partial charge is 0.277 e. The molecular weight excluding hydrogens is 468 g/mol. The minimum atomic E-state index is -0.468. The van der Waals surface area contributed by atoms with Gasteiger partial charge in [0.1, 0.15) is 16.6 Å². The summed E-state index contributed by atoms with van der Waals surface area (Å²) in [4.78, 5) is 12.6. The van der Waals surface area contributed by atoms with Gasteiger partial charge in [-0.05, 0) is 60.9 Å². The highest BCUT2D eigenvalue weighted by Crippen LogP contribution is 2.26. The van der Waals surface area contributed by atoms with Gasteiger partial charge in [0.15, 0.2) is 18.2 Å². The Balaban J connectivity index is 1.38. The third kappa shape index (κ3) is 5.53. The summed E-state index contributed by atoms with van der Waals surface area (Å²) in [5, 5.41) is 12.1. The third-order valence-corrected chi connectivity index (χ3v) is 5.70. The largest absolute Gasteiger partial charge is 0.471 e. The van der Waals surface area contributed by atoms with Gasteiger partial charge < -0.3 is 10.1 Å². The second-order valence-electron chi connectivity index (χ2n) is 7.49. The van der Waals surface area contributed by atoms with E-state index in [1.807, 2.05) is 26.0 Å². The van der Waals surface area contributed by atoms with Crippen LogP contribution in [0.15, 0.2) is 54.9 Å². The Kier molecular flexibility index (Phi) is 6.67. The van der Waals surface area contributed by atoms with E-state index in [-0.39, 0.29) is 29.1 Å². The molecule has 0 saturated carbocycles. The van der Waals surface area contributed by atoms with Gasteiger partial charge in [0.25, 0.3) is 5.91 Å². The van der Waals surface area contributed by atoms with E-state index in [0.717, 1.165) is 16.7 Å². The molecule has 4 aromatic rings. The van der Waals surface area contributed by atoms with E-state index in [2.05, 4.69) is 15.5 Å². The second-order valence-corrected chi connectivity index (χ2v) is 8.28. The normalized spacial score (nSPS) is 10.9. The van der Waals surface area contributed by atoms with E-state index in [1.54, 1.807) is 30.6 Å². The fraction of sp³-hybridized carbons (Fsp3) is 0.174. The molecule has 0 aliphatic heterocycles. The fourth-order valence-corrected chi connectivity index (χ4v) is 3.55. The van der Waals surface area contributed by atoms with Crippen LogP contribution in [0.5, 0.6) is 5.75 Å². The monoisotopic (exact) mass is 487 g/mol. The van der Waals surface area contributed by atoms with Crippen LogP contribution in [0.4, 0.5) is 10.2 Å². The molecule has 0 bridgehead atoms. The standard InChI is InChI=1S/C23H20Cl2FN5O2/c1-14-8-18(9-15(2)21(14)25)33-13-30-7-6-20(28-30)23(32)27-22-19(24)12-31(29-22)11-16-4-3-5-17(26)10-16/h3-10,12H,11,13H2,1-2H3,(H,27,29,32). The summed E-state index contributed by atoms with van der Waals surface area (Å²) >= 11 is 12.4. The summed E-state index contributed by atoms with van der Waals surface area (Å²) in [5.74, 6) is 0.0486. The number of carbonyl (C=O) groups excluding carboxylic acids is 1. The van der Waals surface area contributed by atoms with Crippen molar-refractivity contribution >= 4 is 34.9 Å². The van der Waals surface area contributed by atoms with Crippen molar-refractivity contribution in [3.8, 4) is 5.75 Å². The van der Waals surface area contributed by atoms with Gasteiger partial charge in [-0.15, -0.1) is 0 Å². The highest BCUT2D eigenvalue weighted by atomic mass is 35.5. The Morgan fingerprint density at radius 3 is 2.58 bits per heavy atom.